The van der Waals surface area contributed by atoms with Gasteiger partial charge in [0.1, 0.15) is 22.7 Å². The van der Waals surface area contributed by atoms with E-state index in [1.807, 2.05) is 0 Å². The number of methoxy groups -OCH3 is 1. The van der Waals surface area contributed by atoms with Gasteiger partial charge in [-0.25, -0.2) is 0 Å². The fourth-order valence-corrected chi connectivity index (χ4v) is 4.98. The zero-order chi connectivity index (χ0) is 21.8. The number of rotatable bonds is 3. The van der Waals surface area contributed by atoms with Crippen molar-refractivity contribution in [2.24, 2.45) is 0 Å². The lowest BCUT2D eigenvalue weighted by Gasteiger charge is -2.34. The Hall–Kier alpha value is -2.99. The molecule has 0 saturated heterocycles. The molecule has 0 bridgehead atoms. The van der Waals surface area contributed by atoms with Crippen LogP contribution in [0.1, 0.15) is 58.6 Å². The molecule has 1 aliphatic heterocycles. The molecule has 3 aromatic rings. The van der Waals surface area contributed by atoms with E-state index in [0.717, 1.165) is 25.7 Å². The summed E-state index contributed by atoms with van der Waals surface area (Å²) in [6, 6.07) is 8.50. The molecule has 160 valence electrons. The van der Waals surface area contributed by atoms with Gasteiger partial charge in [-0.05, 0) is 62.9 Å². The van der Waals surface area contributed by atoms with Gasteiger partial charge >= 0.3 is 0 Å². The lowest BCUT2D eigenvalue weighted by molar-refractivity contribution is 0.0454. The molecule has 1 fully saturated rings. The smallest absolute Gasteiger partial charge is 0.291 e. The third-order valence-electron chi connectivity index (χ3n) is 6.28. The molecule has 1 aromatic heterocycles. The average Bonchev–Trinajstić information content (AvgIpc) is 3.32. The number of aryl methyl sites for hydroxylation is 1. The minimum absolute atomic E-state index is 0.0427. The first-order valence-electron chi connectivity index (χ1n) is 10.3. The van der Waals surface area contributed by atoms with Crippen molar-refractivity contribution in [1.29, 1.82) is 0 Å². The number of hydrogen-bond donors (Lipinski definition) is 1. The van der Waals surface area contributed by atoms with Crippen LogP contribution in [-0.2, 0) is 0 Å². The van der Waals surface area contributed by atoms with E-state index in [9.17, 15) is 9.59 Å². The number of ketones is 1. The van der Waals surface area contributed by atoms with Crippen molar-refractivity contribution in [2.45, 2.75) is 44.6 Å². The monoisotopic (exact) mass is 439 g/mol. The van der Waals surface area contributed by atoms with Gasteiger partial charge in [-0.3, -0.25) is 9.59 Å². The van der Waals surface area contributed by atoms with Gasteiger partial charge in [0.05, 0.1) is 24.8 Å². The van der Waals surface area contributed by atoms with Gasteiger partial charge in [-0.2, -0.15) is 0 Å². The summed E-state index contributed by atoms with van der Waals surface area (Å²) >= 11 is 6.06. The van der Waals surface area contributed by atoms with E-state index in [1.165, 1.54) is 7.11 Å². The summed E-state index contributed by atoms with van der Waals surface area (Å²) in [4.78, 5) is 26.2. The Morgan fingerprint density at radius 3 is 2.71 bits per heavy atom. The number of fused-ring (bicyclic) bond motifs is 3. The summed E-state index contributed by atoms with van der Waals surface area (Å²) in [6.07, 6.45) is 4.32. The highest BCUT2D eigenvalue weighted by Crippen LogP contribution is 2.46. The molecule has 2 aliphatic rings. The molecule has 0 atom stereocenters. The topological polar surface area (TPSA) is 77.8 Å². The standard InChI is InChI=1S/C24H22ClNO5/c1-13-20-18(7-8-19-21(20)16(27)12-24(31-19)9-3-4-10-24)30-22(13)23(28)26-15-11-14(25)5-6-17(15)29-2/h5-8,11H,3-4,9-10,12H2,1-2H3,(H,26,28). The summed E-state index contributed by atoms with van der Waals surface area (Å²) in [7, 11) is 1.51. The van der Waals surface area contributed by atoms with E-state index in [0.29, 0.717) is 50.7 Å². The summed E-state index contributed by atoms with van der Waals surface area (Å²) in [5, 5.41) is 3.90. The van der Waals surface area contributed by atoms with Crippen LogP contribution in [0.5, 0.6) is 11.5 Å². The number of furan rings is 1. The van der Waals surface area contributed by atoms with Crippen LogP contribution in [0.15, 0.2) is 34.7 Å². The molecular weight excluding hydrogens is 418 g/mol. The predicted molar refractivity (Wildman–Crippen MR) is 118 cm³/mol. The van der Waals surface area contributed by atoms with Crippen molar-refractivity contribution in [1.82, 2.24) is 0 Å². The Morgan fingerprint density at radius 2 is 1.97 bits per heavy atom. The van der Waals surface area contributed by atoms with Gasteiger partial charge in [0, 0.05) is 16.0 Å². The third-order valence-corrected chi connectivity index (χ3v) is 6.51. The maximum absolute atomic E-state index is 13.2. The van der Waals surface area contributed by atoms with Gasteiger partial charge in [0.25, 0.3) is 5.91 Å². The predicted octanol–water partition coefficient (Wildman–Crippen LogP) is 5.93. The number of Topliss-reactive ketones (excluding diaryl/α,β-unsaturated/α-hetero) is 1. The first-order valence-corrected chi connectivity index (χ1v) is 10.7. The van der Waals surface area contributed by atoms with Crippen LogP contribution in [0.2, 0.25) is 5.02 Å². The van der Waals surface area contributed by atoms with Crippen molar-refractivity contribution < 1.29 is 23.5 Å². The number of halogens is 1. The van der Waals surface area contributed by atoms with E-state index in [1.54, 1.807) is 37.3 Å². The van der Waals surface area contributed by atoms with Crippen molar-refractivity contribution in [3.8, 4) is 11.5 Å². The molecule has 1 spiro atoms. The fourth-order valence-electron chi connectivity index (χ4n) is 4.81. The van der Waals surface area contributed by atoms with Crippen LogP contribution in [0.3, 0.4) is 0 Å². The van der Waals surface area contributed by atoms with Crippen LogP contribution in [0.25, 0.3) is 11.0 Å². The normalized spacial score (nSPS) is 16.9. The van der Waals surface area contributed by atoms with E-state index < -0.39 is 5.91 Å². The number of nitrogens with one attached hydrogen (secondary N) is 1. The fraction of sp³-hybridized carbons (Fsp3) is 0.333. The number of amides is 1. The van der Waals surface area contributed by atoms with Gasteiger partial charge in [-0.15, -0.1) is 0 Å². The van der Waals surface area contributed by atoms with Crippen molar-refractivity contribution in [3.05, 3.63) is 52.2 Å². The van der Waals surface area contributed by atoms with Crippen molar-refractivity contribution >= 4 is 39.9 Å². The quantitative estimate of drug-likeness (QED) is 0.547. The first-order chi connectivity index (χ1) is 14.9. The number of ether oxygens (including phenoxy) is 2. The van der Waals surface area contributed by atoms with Gasteiger partial charge in [0.15, 0.2) is 11.5 Å². The highest BCUT2D eigenvalue weighted by molar-refractivity contribution is 6.31. The van der Waals surface area contributed by atoms with Gasteiger partial charge < -0.3 is 19.2 Å². The van der Waals surface area contributed by atoms with E-state index in [-0.39, 0.29) is 17.1 Å². The highest BCUT2D eigenvalue weighted by Gasteiger charge is 2.43. The molecule has 7 heteroatoms. The Bertz CT molecular complexity index is 1220. The molecule has 5 rings (SSSR count). The molecule has 6 nitrogen and oxygen atoms in total. The van der Waals surface area contributed by atoms with Gasteiger partial charge in [-0.1, -0.05) is 11.6 Å². The van der Waals surface area contributed by atoms with Crippen molar-refractivity contribution in [2.75, 3.05) is 12.4 Å². The molecule has 1 saturated carbocycles. The SMILES string of the molecule is COc1ccc(Cl)cc1NC(=O)c1oc2ccc3c(c2c1C)C(=O)CC1(CCCC1)O3. The second kappa shape index (κ2) is 7.31. The maximum Gasteiger partial charge on any atom is 0.291 e. The zero-order valence-electron chi connectivity index (χ0n) is 17.3. The lowest BCUT2D eigenvalue weighted by atomic mass is 9.87. The number of benzene rings is 2. The first kappa shape index (κ1) is 19.9. The summed E-state index contributed by atoms with van der Waals surface area (Å²) in [6.45, 7) is 1.78. The van der Waals surface area contributed by atoms with Crippen LogP contribution >= 0.6 is 11.6 Å². The van der Waals surface area contributed by atoms with Crippen LogP contribution in [0, 0.1) is 6.92 Å². The second-order valence-electron chi connectivity index (χ2n) is 8.26. The molecule has 1 N–H and O–H groups in total. The number of carbonyl (C=O) groups excluding carboxylic acids is 2. The zero-order valence-corrected chi connectivity index (χ0v) is 18.1. The summed E-state index contributed by atoms with van der Waals surface area (Å²) in [5.74, 6) is 0.798. The minimum atomic E-state index is -0.445. The Morgan fingerprint density at radius 1 is 1.19 bits per heavy atom. The number of carbonyl (C=O) groups is 2. The Labute approximate surface area is 184 Å². The van der Waals surface area contributed by atoms with Crippen LogP contribution in [0.4, 0.5) is 5.69 Å². The number of hydrogen-bond acceptors (Lipinski definition) is 5. The average molecular weight is 440 g/mol. The van der Waals surface area contributed by atoms with Crippen LogP contribution < -0.4 is 14.8 Å². The van der Waals surface area contributed by atoms with Crippen molar-refractivity contribution in [3.63, 3.8) is 0 Å². The lowest BCUT2D eigenvalue weighted by Crippen LogP contribution is -2.39. The molecule has 0 unspecified atom stereocenters. The highest BCUT2D eigenvalue weighted by atomic mass is 35.5. The molecule has 2 heterocycles. The molecule has 31 heavy (non-hydrogen) atoms. The molecule has 2 aromatic carbocycles. The number of anilines is 1. The van der Waals surface area contributed by atoms with E-state index in [2.05, 4.69) is 5.32 Å². The van der Waals surface area contributed by atoms with E-state index in [4.69, 9.17) is 25.5 Å². The largest absolute Gasteiger partial charge is 0.495 e. The molecule has 1 amide bonds. The third kappa shape index (κ3) is 3.26. The van der Waals surface area contributed by atoms with E-state index >= 15 is 0 Å². The molecule has 0 radical (unpaired) electrons. The second-order valence-corrected chi connectivity index (χ2v) is 8.70. The maximum atomic E-state index is 13.2. The Kier molecular flexibility index (Phi) is 4.70. The molecular formula is C24H22ClNO5. The summed E-state index contributed by atoms with van der Waals surface area (Å²) in [5.41, 5.74) is 1.65. The van der Waals surface area contributed by atoms with Crippen LogP contribution in [-0.4, -0.2) is 24.4 Å². The van der Waals surface area contributed by atoms with Gasteiger partial charge in [0.2, 0.25) is 0 Å². The Balaban J connectivity index is 1.54. The summed E-state index contributed by atoms with van der Waals surface area (Å²) < 4.78 is 17.5. The molecule has 1 aliphatic carbocycles. The minimum Gasteiger partial charge on any atom is -0.495 e.